The van der Waals surface area contributed by atoms with Crippen molar-refractivity contribution in [3.05, 3.63) is 68.6 Å². The largest absolute Gasteiger partial charge is 0.493 e. The van der Waals surface area contributed by atoms with Crippen molar-refractivity contribution in [1.82, 2.24) is 4.98 Å². The molecule has 1 fully saturated rings. The first-order valence-corrected chi connectivity index (χ1v) is 11.3. The number of hydrogen-bond acceptors (Lipinski definition) is 7. The number of benzene rings is 2. The second-order valence-electron chi connectivity index (χ2n) is 7.21. The van der Waals surface area contributed by atoms with Crippen LogP contribution in [0.2, 0.25) is 0 Å². The number of hydrogen-bond donors (Lipinski definition) is 1. The number of thiazole rings is 1. The molecule has 1 saturated heterocycles. The SMILES string of the molecule is COc1ccc([C@@H]2c3sc(=O)[nH]c3S[C@H]3C(=O)N(c4ccccc4)C(=O)[C@@H]23)cc1OC. The topological polar surface area (TPSA) is 88.7 Å². The van der Waals surface area contributed by atoms with Crippen LogP contribution in [0.25, 0.3) is 0 Å². The molecule has 5 rings (SSSR count). The van der Waals surface area contributed by atoms with E-state index in [1.54, 1.807) is 44.6 Å². The van der Waals surface area contributed by atoms with Crippen molar-refractivity contribution >= 4 is 40.6 Å². The van der Waals surface area contributed by atoms with Gasteiger partial charge in [-0.3, -0.25) is 14.4 Å². The summed E-state index contributed by atoms with van der Waals surface area (Å²) in [5.41, 5.74) is 1.34. The summed E-state index contributed by atoms with van der Waals surface area (Å²) in [5, 5.41) is 0.0237. The number of rotatable bonds is 4. The van der Waals surface area contributed by atoms with Gasteiger partial charge in [0.05, 0.1) is 30.9 Å². The first-order valence-electron chi connectivity index (χ1n) is 9.58. The highest BCUT2D eigenvalue weighted by Gasteiger charge is 2.56. The van der Waals surface area contributed by atoms with E-state index >= 15 is 0 Å². The van der Waals surface area contributed by atoms with Crippen molar-refractivity contribution in [1.29, 1.82) is 0 Å². The van der Waals surface area contributed by atoms with Crippen LogP contribution >= 0.6 is 23.1 Å². The van der Waals surface area contributed by atoms with Gasteiger partial charge in [0, 0.05) is 10.8 Å². The summed E-state index contributed by atoms with van der Waals surface area (Å²) in [7, 11) is 3.10. The van der Waals surface area contributed by atoms with Crippen LogP contribution in [0.1, 0.15) is 16.4 Å². The van der Waals surface area contributed by atoms with E-state index in [1.165, 1.54) is 16.7 Å². The molecular formula is C22H18N2O5S2. The number of amides is 2. The molecular weight excluding hydrogens is 436 g/mol. The molecule has 0 radical (unpaired) electrons. The molecule has 2 aliphatic rings. The third-order valence-electron chi connectivity index (χ3n) is 5.61. The molecule has 0 unspecified atom stereocenters. The van der Waals surface area contributed by atoms with E-state index in [2.05, 4.69) is 4.98 Å². The average Bonchev–Trinajstić information content (AvgIpc) is 3.28. The molecule has 0 aliphatic carbocycles. The average molecular weight is 455 g/mol. The second-order valence-corrected chi connectivity index (χ2v) is 9.38. The fourth-order valence-electron chi connectivity index (χ4n) is 4.25. The van der Waals surface area contributed by atoms with Gasteiger partial charge < -0.3 is 14.5 Å². The number of thioether (sulfide) groups is 1. The van der Waals surface area contributed by atoms with Crippen LogP contribution in [0.15, 0.2) is 58.4 Å². The van der Waals surface area contributed by atoms with Crippen LogP contribution < -0.4 is 19.2 Å². The van der Waals surface area contributed by atoms with E-state index in [0.29, 0.717) is 22.2 Å². The Morgan fingerprint density at radius 2 is 1.68 bits per heavy atom. The Hall–Kier alpha value is -3.04. The minimum atomic E-state index is -0.630. The molecule has 2 aromatic carbocycles. The van der Waals surface area contributed by atoms with Gasteiger partial charge in [-0.05, 0) is 29.8 Å². The minimum absolute atomic E-state index is 0.206. The third-order valence-corrected chi connectivity index (χ3v) is 8.01. The number of fused-ring (bicyclic) bond motifs is 2. The van der Waals surface area contributed by atoms with Crippen LogP contribution in [0, 0.1) is 5.92 Å². The first kappa shape index (κ1) is 19.9. The van der Waals surface area contributed by atoms with Crippen LogP contribution in [-0.4, -0.2) is 36.3 Å². The Labute approximate surface area is 186 Å². The van der Waals surface area contributed by atoms with Crippen molar-refractivity contribution in [2.45, 2.75) is 16.2 Å². The number of nitrogens with one attached hydrogen (secondary N) is 1. The summed E-state index contributed by atoms with van der Waals surface area (Å²) in [6, 6.07) is 14.4. The van der Waals surface area contributed by atoms with Crippen LogP contribution in [0.3, 0.4) is 0 Å². The van der Waals surface area contributed by atoms with E-state index in [9.17, 15) is 14.4 Å². The standard InChI is InChI=1S/C22H18N2O5S2/c1-28-13-9-8-11(10-14(13)29-2)15-16-18(30-19-17(15)31-22(27)23-19)21(26)24(20(16)25)12-6-4-3-5-7-12/h3-10,15-16,18H,1-2H3,(H,23,27)/t15-,16-,18+/m0/s1. The number of anilines is 1. The lowest BCUT2D eigenvalue weighted by Gasteiger charge is -2.30. The summed E-state index contributed by atoms with van der Waals surface area (Å²) < 4.78 is 10.8. The molecule has 3 heterocycles. The van der Waals surface area contributed by atoms with Gasteiger partial charge >= 0.3 is 4.87 Å². The molecule has 2 amide bonds. The Bertz CT molecular complexity index is 1240. The van der Waals surface area contributed by atoms with Gasteiger partial charge in [-0.2, -0.15) is 0 Å². The van der Waals surface area contributed by atoms with Crippen molar-refractivity contribution in [3.8, 4) is 11.5 Å². The third kappa shape index (κ3) is 3.07. The number of para-hydroxylation sites is 1. The molecule has 1 N–H and O–H groups in total. The maximum Gasteiger partial charge on any atom is 0.305 e. The van der Waals surface area contributed by atoms with Gasteiger partial charge in [-0.25, -0.2) is 4.90 Å². The molecule has 9 heteroatoms. The molecule has 3 atom stereocenters. The van der Waals surface area contributed by atoms with Crippen molar-refractivity contribution in [2.75, 3.05) is 19.1 Å². The lowest BCUT2D eigenvalue weighted by molar-refractivity contribution is -0.122. The molecule has 0 saturated carbocycles. The Balaban J connectivity index is 1.66. The number of carbonyl (C=O) groups excluding carboxylic acids is 2. The lowest BCUT2D eigenvalue weighted by atomic mass is 9.83. The summed E-state index contributed by atoms with van der Waals surface area (Å²) in [6.07, 6.45) is 0. The number of aromatic nitrogens is 1. The van der Waals surface area contributed by atoms with Crippen molar-refractivity contribution in [2.24, 2.45) is 5.92 Å². The fourth-order valence-corrected chi connectivity index (χ4v) is 6.77. The zero-order valence-electron chi connectivity index (χ0n) is 16.7. The van der Waals surface area contributed by atoms with Gasteiger partial charge in [0.15, 0.2) is 11.5 Å². The number of carbonyl (C=O) groups is 2. The number of nitrogens with zero attached hydrogens (tertiary/aromatic N) is 1. The van der Waals surface area contributed by atoms with Gasteiger partial charge in [0.1, 0.15) is 5.25 Å². The highest BCUT2D eigenvalue weighted by Crippen LogP contribution is 2.53. The predicted molar refractivity (Wildman–Crippen MR) is 118 cm³/mol. The molecule has 3 aromatic rings. The van der Waals surface area contributed by atoms with E-state index in [1.807, 2.05) is 18.2 Å². The lowest BCUT2D eigenvalue weighted by Crippen LogP contribution is -2.32. The highest BCUT2D eigenvalue weighted by molar-refractivity contribution is 8.00. The van der Waals surface area contributed by atoms with Crippen LogP contribution in [-0.2, 0) is 9.59 Å². The molecule has 1 aromatic heterocycles. The molecule has 0 spiro atoms. The molecule has 0 bridgehead atoms. The summed E-state index contributed by atoms with van der Waals surface area (Å²) in [5.74, 6) is -0.523. The van der Waals surface area contributed by atoms with Crippen molar-refractivity contribution < 1.29 is 19.1 Å². The number of H-pyrrole nitrogens is 1. The first-order chi connectivity index (χ1) is 15.0. The zero-order chi connectivity index (χ0) is 21.7. The quantitative estimate of drug-likeness (QED) is 0.609. The molecule has 31 heavy (non-hydrogen) atoms. The maximum absolute atomic E-state index is 13.6. The van der Waals surface area contributed by atoms with Crippen LogP contribution in [0.4, 0.5) is 5.69 Å². The van der Waals surface area contributed by atoms with Gasteiger partial charge in [-0.1, -0.05) is 47.4 Å². The summed E-state index contributed by atoms with van der Waals surface area (Å²) in [6.45, 7) is 0. The highest BCUT2D eigenvalue weighted by atomic mass is 32.2. The number of aromatic amines is 1. The number of methoxy groups -OCH3 is 2. The second kappa shape index (κ2) is 7.58. The van der Waals surface area contributed by atoms with Gasteiger partial charge in [0.25, 0.3) is 0 Å². The summed E-state index contributed by atoms with van der Waals surface area (Å²) in [4.78, 5) is 43.7. The molecule has 7 nitrogen and oxygen atoms in total. The summed E-state index contributed by atoms with van der Waals surface area (Å²) >= 11 is 2.34. The fraction of sp³-hybridized carbons (Fsp3) is 0.227. The smallest absolute Gasteiger partial charge is 0.305 e. The van der Waals surface area contributed by atoms with Gasteiger partial charge in [-0.15, -0.1) is 0 Å². The molecule has 158 valence electrons. The Morgan fingerprint density at radius 1 is 0.935 bits per heavy atom. The number of ether oxygens (including phenoxy) is 2. The van der Waals surface area contributed by atoms with E-state index < -0.39 is 17.1 Å². The maximum atomic E-state index is 13.6. The van der Waals surface area contributed by atoms with E-state index in [4.69, 9.17) is 9.47 Å². The van der Waals surface area contributed by atoms with Crippen molar-refractivity contribution in [3.63, 3.8) is 0 Å². The Morgan fingerprint density at radius 3 is 2.39 bits per heavy atom. The zero-order valence-corrected chi connectivity index (χ0v) is 18.3. The van der Waals surface area contributed by atoms with Gasteiger partial charge in [0.2, 0.25) is 11.8 Å². The van der Waals surface area contributed by atoms with Crippen LogP contribution in [0.5, 0.6) is 11.5 Å². The monoisotopic (exact) mass is 454 g/mol. The predicted octanol–water partition coefficient (Wildman–Crippen LogP) is 3.25. The molecule has 2 aliphatic heterocycles. The number of imide groups is 1. The van der Waals surface area contributed by atoms with E-state index in [0.717, 1.165) is 21.8 Å². The minimum Gasteiger partial charge on any atom is -0.493 e. The van der Waals surface area contributed by atoms with E-state index in [-0.39, 0.29) is 16.7 Å². The normalized spacial score (nSPS) is 22.3. The Kier molecular flexibility index (Phi) is 4.86.